The van der Waals surface area contributed by atoms with Crippen molar-refractivity contribution in [2.24, 2.45) is 0 Å². The molecule has 30 heavy (non-hydrogen) atoms. The number of ether oxygens (including phenoxy) is 1. The smallest absolute Gasteiger partial charge is 0.336 e. The van der Waals surface area contributed by atoms with E-state index < -0.39 is 5.63 Å². The van der Waals surface area contributed by atoms with E-state index in [0.717, 1.165) is 54.3 Å². The molecule has 0 saturated heterocycles. The number of nitrogens with zero attached hydrogens (tertiary/aromatic N) is 1. The molecule has 1 aliphatic heterocycles. The zero-order chi connectivity index (χ0) is 21.1. The molecule has 0 fully saturated rings. The number of amides is 1. The number of carbonyl (C=O) groups excluding carboxylic acids is 1. The Balaban J connectivity index is 1.91. The first-order chi connectivity index (χ1) is 14.6. The first-order valence-electron chi connectivity index (χ1n) is 10.8. The predicted octanol–water partition coefficient (Wildman–Crippen LogP) is 5.13. The van der Waals surface area contributed by atoms with Gasteiger partial charge in [0.15, 0.2) is 5.58 Å². The molecule has 0 aliphatic carbocycles. The largest absolute Gasteiger partial charge is 0.493 e. The lowest BCUT2D eigenvalue weighted by Gasteiger charge is -2.30. The second kappa shape index (κ2) is 8.74. The summed E-state index contributed by atoms with van der Waals surface area (Å²) in [6, 6.07) is 13.2. The third kappa shape index (κ3) is 3.72. The molecule has 0 unspecified atom stereocenters. The van der Waals surface area contributed by atoms with Crippen LogP contribution in [-0.4, -0.2) is 19.1 Å². The summed E-state index contributed by atoms with van der Waals surface area (Å²) in [5.74, 6) is 0.282. The monoisotopic (exact) mass is 405 g/mol. The summed E-state index contributed by atoms with van der Waals surface area (Å²) in [4.78, 5) is 27.9. The minimum Gasteiger partial charge on any atom is -0.493 e. The van der Waals surface area contributed by atoms with Crippen molar-refractivity contribution in [3.63, 3.8) is 0 Å². The molecule has 3 aromatic rings. The Morgan fingerprint density at radius 1 is 1.13 bits per heavy atom. The molecule has 4 rings (SSSR count). The third-order valence-corrected chi connectivity index (χ3v) is 5.51. The molecule has 156 valence electrons. The number of aryl methyl sites for hydroxylation is 2. The van der Waals surface area contributed by atoms with Crippen molar-refractivity contribution in [3.05, 3.63) is 69.6 Å². The second-order valence-corrected chi connectivity index (χ2v) is 7.69. The summed E-state index contributed by atoms with van der Waals surface area (Å²) in [5.41, 5.74) is 3.20. The van der Waals surface area contributed by atoms with E-state index in [4.69, 9.17) is 9.15 Å². The zero-order valence-corrected chi connectivity index (χ0v) is 17.6. The minimum absolute atomic E-state index is 0.185. The molecule has 0 radical (unpaired) electrons. The molecule has 1 amide bonds. The first-order valence-corrected chi connectivity index (χ1v) is 10.8. The quantitative estimate of drug-likeness (QED) is 0.534. The Labute approximate surface area is 176 Å². The number of hydrogen-bond acceptors (Lipinski definition) is 4. The van der Waals surface area contributed by atoms with Gasteiger partial charge in [-0.2, -0.15) is 0 Å². The lowest BCUT2D eigenvalue weighted by Crippen LogP contribution is -2.36. The Kier molecular flexibility index (Phi) is 5.88. The van der Waals surface area contributed by atoms with E-state index in [1.807, 2.05) is 37.3 Å². The van der Waals surface area contributed by atoms with Gasteiger partial charge < -0.3 is 14.1 Å². The number of para-hydroxylation sites is 1. The fraction of sp³-hybridized carbons (Fsp3) is 0.360. The van der Waals surface area contributed by atoms with E-state index in [-0.39, 0.29) is 5.91 Å². The predicted molar refractivity (Wildman–Crippen MR) is 119 cm³/mol. The fourth-order valence-corrected chi connectivity index (χ4v) is 4.16. The normalized spacial score (nSPS) is 13.3. The summed E-state index contributed by atoms with van der Waals surface area (Å²) in [6.45, 7) is 5.19. The van der Waals surface area contributed by atoms with Crippen LogP contribution in [0.15, 0.2) is 51.7 Å². The van der Waals surface area contributed by atoms with Crippen molar-refractivity contribution in [1.29, 1.82) is 0 Å². The van der Waals surface area contributed by atoms with E-state index in [2.05, 4.69) is 13.0 Å². The molecule has 0 spiro atoms. The minimum atomic E-state index is -0.438. The molecule has 1 aliphatic rings. The average molecular weight is 405 g/mol. The van der Waals surface area contributed by atoms with Gasteiger partial charge in [0.05, 0.1) is 6.61 Å². The van der Waals surface area contributed by atoms with Crippen LogP contribution < -0.4 is 15.3 Å². The van der Waals surface area contributed by atoms with Crippen LogP contribution in [0.25, 0.3) is 11.0 Å². The maximum absolute atomic E-state index is 13.8. The van der Waals surface area contributed by atoms with Crippen LogP contribution in [0.4, 0.5) is 5.69 Å². The summed E-state index contributed by atoms with van der Waals surface area (Å²) in [5, 5.41) is 0.800. The van der Waals surface area contributed by atoms with Gasteiger partial charge in [-0.3, -0.25) is 4.79 Å². The number of hydrogen-bond donors (Lipinski definition) is 0. The van der Waals surface area contributed by atoms with Crippen LogP contribution in [0.2, 0.25) is 0 Å². The van der Waals surface area contributed by atoms with Gasteiger partial charge in [-0.05, 0) is 55.0 Å². The third-order valence-electron chi connectivity index (χ3n) is 5.51. The van der Waals surface area contributed by atoms with Gasteiger partial charge in [0.25, 0.3) is 5.91 Å². The van der Waals surface area contributed by atoms with E-state index in [9.17, 15) is 9.59 Å². The maximum Gasteiger partial charge on any atom is 0.336 e. The number of fused-ring (bicyclic) bond motifs is 2. The first kappa shape index (κ1) is 20.2. The highest BCUT2D eigenvalue weighted by Crippen LogP contribution is 2.34. The van der Waals surface area contributed by atoms with Crippen molar-refractivity contribution in [2.75, 3.05) is 18.1 Å². The molecule has 0 bridgehead atoms. The van der Waals surface area contributed by atoms with E-state index in [1.165, 1.54) is 6.07 Å². The number of anilines is 1. The van der Waals surface area contributed by atoms with Crippen LogP contribution in [0.3, 0.4) is 0 Å². The number of benzene rings is 2. The topological polar surface area (TPSA) is 59.8 Å². The van der Waals surface area contributed by atoms with Gasteiger partial charge in [0.1, 0.15) is 11.3 Å². The van der Waals surface area contributed by atoms with Crippen molar-refractivity contribution in [1.82, 2.24) is 0 Å². The highest BCUT2D eigenvalue weighted by molar-refractivity contribution is 6.15. The SMILES string of the molecule is CCCOc1ccc2c(CCC)cc(=O)oc2c1C(=O)N1CCCc2ccccc21. The maximum atomic E-state index is 13.8. The summed E-state index contributed by atoms with van der Waals surface area (Å²) < 4.78 is 11.5. The Morgan fingerprint density at radius 3 is 2.77 bits per heavy atom. The number of rotatable bonds is 6. The van der Waals surface area contributed by atoms with Gasteiger partial charge in [-0.1, -0.05) is 38.5 Å². The Bertz CT molecular complexity index is 1130. The summed E-state index contributed by atoms with van der Waals surface area (Å²) >= 11 is 0. The Hall–Kier alpha value is -3.08. The van der Waals surface area contributed by atoms with Crippen molar-refractivity contribution >= 4 is 22.6 Å². The molecule has 0 N–H and O–H groups in total. The van der Waals surface area contributed by atoms with E-state index in [0.29, 0.717) is 30.0 Å². The highest BCUT2D eigenvalue weighted by atomic mass is 16.5. The van der Waals surface area contributed by atoms with Crippen molar-refractivity contribution in [2.45, 2.75) is 46.0 Å². The number of carbonyl (C=O) groups is 1. The van der Waals surface area contributed by atoms with Crippen LogP contribution in [0, 0.1) is 0 Å². The van der Waals surface area contributed by atoms with Crippen molar-refractivity contribution < 1.29 is 13.9 Å². The standard InChI is InChI=1S/C25H27NO4/c1-3-8-18-16-22(27)30-24-19(18)12-13-21(29-15-4-2)23(24)25(28)26-14-7-10-17-9-5-6-11-20(17)26/h5-6,9,11-13,16H,3-4,7-8,10,14-15H2,1-2H3. The molecule has 5 nitrogen and oxygen atoms in total. The van der Waals surface area contributed by atoms with E-state index in [1.54, 1.807) is 4.90 Å². The van der Waals surface area contributed by atoms with Crippen LogP contribution >= 0.6 is 0 Å². The molecular weight excluding hydrogens is 378 g/mol. The lowest BCUT2D eigenvalue weighted by atomic mass is 9.98. The zero-order valence-electron chi connectivity index (χ0n) is 17.6. The van der Waals surface area contributed by atoms with Gasteiger partial charge >= 0.3 is 5.63 Å². The van der Waals surface area contributed by atoms with Crippen molar-refractivity contribution in [3.8, 4) is 5.75 Å². The van der Waals surface area contributed by atoms with E-state index >= 15 is 0 Å². The van der Waals surface area contributed by atoms with Gasteiger partial charge in [0.2, 0.25) is 0 Å². The Morgan fingerprint density at radius 2 is 1.97 bits per heavy atom. The fourth-order valence-electron chi connectivity index (χ4n) is 4.16. The lowest BCUT2D eigenvalue weighted by molar-refractivity contribution is 0.0981. The molecule has 0 saturated carbocycles. The second-order valence-electron chi connectivity index (χ2n) is 7.69. The highest BCUT2D eigenvalue weighted by Gasteiger charge is 2.29. The molecule has 0 atom stereocenters. The van der Waals surface area contributed by atoms with Crippen LogP contribution in [-0.2, 0) is 12.8 Å². The van der Waals surface area contributed by atoms with Gasteiger partial charge in [0, 0.05) is 23.7 Å². The molecular formula is C25H27NO4. The average Bonchev–Trinajstić information content (AvgIpc) is 2.76. The van der Waals surface area contributed by atoms with Gasteiger partial charge in [-0.15, -0.1) is 0 Å². The summed E-state index contributed by atoms with van der Waals surface area (Å²) in [7, 11) is 0. The molecule has 5 heteroatoms. The van der Waals surface area contributed by atoms with Crippen LogP contribution in [0.1, 0.15) is 54.6 Å². The molecule has 2 aromatic carbocycles. The molecule has 2 heterocycles. The summed E-state index contributed by atoms with van der Waals surface area (Å²) in [6.07, 6.45) is 4.30. The van der Waals surface area contributed by atoms with Gasteiger partial charge in [-0.25, -0.2) is 4.79 Å². The van der Waals surface area contributed by atoms with Crippen LogP contribution in [0.5, 0.6) is 5.75 Å². The molecule has 1 aromatic heterocycles.